The Morgan fingerprint density at radius 2 is 2.11 bits per heavy atom. The van der Waals surface area contributed by atoms with E-state index in [1.165, 1.54) is 12.0 Å². The van der Waals surface area contributed by atoms with Gasteiger partial charge < -0.3 is 10.1 Å². The molecule has 0 saturated heterocycles. The lowest BCUT2D eigenvalue weighted by atomic mass is 10.3. The van der Waals surface area contributed by atoms with Crippen molar-refractivity contribution in [2.24, 2.45) is 0 Å². The van der Waals surface area contributed by atoms with Crippen molar-refractivity contribution in [1.29, 1.82) is 0 Å². The van der Waals surface area contributed by atoms with E-state index in [1.807, 2.05) is 36.4 Å². The first-order chi connectivity index (χ1) is 9.17. The van der Waals surface area contributed by atoms with Crippen LogP contribution in [0.1, 0.15) is 9.75 Å². The number of carbonyl (C=O) groups excluding carboxylic acids is 1. The van der Waals surface area contributed by atoms with E-state index in [0.717, 1.165) is 21.6 Å². The standard InChI is InChI=1S/C14H14BrNO2S/c1-18-14(17)8-12-5-6-13(19-12)9-16-11-4-2-3-10(15)7-11/h2-7,16H,8-9H2,1H3. The average Bonchev–Trinajstić information content (AvgIpc) is 2.84. The second-order valence-electron chi connectivity index (χ2n) is 3.98. The van der Waals surface area contributed by atoms with Crippen LogP contribution < -0.4 is 5.32 Å². The third-order valence-electron chi connectivity index (χ3n) is 2.55. The number of ether oxygens (including phenoxy) is 1. The minimum atomic E-state index is -0.201. The summed E-state index contributed by atoms with van der Waals surface area (Å²) in [6.07, 6.45) is 0.345. The van der Waals surface area contributed by atoms with Gasteiger partial charge in [0.15, 0.2) is 0 Å². The fourth-order valence-electron chi connectivity index (χ4n) is 1.61. The van der Waals surface area contributed by atoms with Crippen LogP contribution in [0.25, 0.3) is 0 Å². The van der Waals surface area contributed by atoms with Gasteiger partial charge in [-0.1, -0.05) is 22.0 Å². The zero-order valence-electron chi connectivity index (χ0n) is 10.5. The van der Waals surface area contributed by atoms with Gasteiger partial charge in [0.1, 0.15) is 0 Å². The van der Waals surface area contributed by atoms with Gasteiger partial charge in [-0.25, -0.2) is 0 Å². The molecule has 2 aromatic rings. The summed E-state index contributed by atoms with van der Waals surface area (Å²) >= 11 is 5.06. The Morgan fingerprint density at radius 1 is 1.32 bits per heavy atom. The highest BCUT2D eigenvalue weighted by Gasteiger charge is 2.06. The smallest absolute Gasteiger partial charge is 0.310 e. The fourth-order valence-corrected chi connectivity index (χ4v) is 2.96. The molecule has 1 aromatic carbocycles. The molecule has 0 aliphatic rings. The van der Waals surface area contributed by atoms with Gasteiger partial charge in [0.25, 0.3) is 0 Å². The molecular formula is C14H14BrNO2S. The maximum Gasteiger partial charge on any atom is 0.310 e. The number of methoxy groups -OCH3 is 1. The van der Waals surface area contributed by atoms with Crippen LogP contribution in [0.15, 0.2) is 40.9 Å². The van der Waals surface area contributed by atoms with Crippen LogP contribution in [0.4, 0.5) is 5.69 Å². The predicted molar refractivity (Wildman–Crippen MR) is 81.5 cm³/mol. The van der Waals surface area contributed by atoms with Gasteiger partial charge in [-0.05, 0) is 30.3 Å². The van der Waals surface area contributed by atoms with Gasteiger partial charge in [-0.15, -0.1) is 11.3 Å². The quantitative estimate of drug-likeness (QED) is 0.841. The van der Waals surface area contributed by atoms with E-state index in [1.54, 1.807) is 11.3 Å². The third-order valence-corrected chi connectivity index (χ3v) is 4.13. The summed E-state index contributed by atoms with van der Waals surface area (Å²) in [5.41, 5.74) is 1.07. The van der Waals surface area contributed by atoms with E-state index in [-0.39, 0.29) is 5.97 Å². The van der Waals surface area contributed by atoms with Crippen LogP contribution in [0.5, 0.6) is 0 Å². The molecule has 0 aliphatic heterocycles. The van der Waals surface area contributed by atoms with E-state index in [4.69, 9.17) is 0 Å². The first-order valence-corrected chi connectivity index (χ1v) is 7.42. The fraction of sp³-hybridized carbons (Fsp3) is 0.214. The monoisotopic (exact) mass is 339 g/mol. The van der Waals surface area contributed by atoms with Crippen molar-refractivity contribution >= 4 is 38.9 Å². The lowest BCUT2D eigenvalue weighted by Gasteiger charge is -2.04. The van der Waals surface area contributed by atoms with Crippen LogP contribution in [0.2, 0.25) is 0 Å². The third kappa shape index (κ3) is 4.36. The lowest BCUT2D eigenvalue weighted by Crippen LogP contribution is -2.02. The second-order valence-corrected chi connectivity index (χ2v) is 6.15. The van der Waals surface area contributed by atoms with Gasteiger partial charge >= 0.3 is 5.97 Å². The number of carbonyl (C=O) groups is 1. The van der Waals surface area contributed by atoms with Gasteiger partial charge in [0.05, 0.1) is 13.5 Å². The topological polar surface area (TPSA) is 38.3 Å². The number of hydrogen-bond acceptors (Lipinski definition) is 4. The van der Waals surface area contributed by atoms with Gasteiger partial charge in [-0.3, -0.25) is 4.79 Å². The zero-order chi connectivity index (χ0) is 13.7. The van der Waals surface area contributed by atoms with Crippen LogP contribution >= 0.6 is 27.3 Å². The first-order valence-electron chi connectivity index (χ1n) is 5.81. The molecule has 0 saturated carbocycles. The molecule has 0 radical (unpaired) electrons. The summed E-state index contributed by atoms with van der Waals surface area (Å²) in [5, 5.41) is 3.35. The summed E-state index contributed by atoms with van der Waals surface area (Å²) in [7, 11) is 1.41. The number of esters is 1. The maximum atomic E-state index is 11.2. The summed E-state index contributed by atoms with van der Waals surface area (Å²) in [6, 6.07) is 12.0. The molecule has 1 N–H and O–H groups in total. The normalized spacial score (nSPS) is 10.2. The number of benzene rings is 1. The Labute approximate surface area is 124 Å². The van der Waals surface area contributed by atoms with Crippen LogP contribution in [-0.2, 0) is 22.5 Å². The summed E-state index contributed by atoms with van der Waals surface area (Å²) in [4.78, 5) is 13.4. The Morgan fingerprint density at radius 3 is 2.84 bits per heavy atom. The zero-order valence-corrected chi connectivity index (χ0v) is 12.9. The largest absolute Gasteiger partial charge is 0.469 e. The molecule has 2 rings (SSSR count). The Hall–Kier alpha value is -1.33. The molecule has 0 aliphatic carbocycles. The number of hydrogen-bond donors (Lipinski definition) is 1. The number of anilines is 1. The van der Waals surface area contributed by atoms with Gasteiger partial charge in [-0.2, -0.15) is 0 Å². The molecule has 0 bridgehead atoms. The van der Waals surface area contributed by atoms with Crippen molar-refractivity contribution in [3.8, 4) is 0 Å². The minimum Gasteiger partial charge on any atom is -0.469 e. The Kier molecular flexibility index (Phi) is 4.99. The number of rotatable bonds is 5. The van der Waals surface area contributed by atoms with E-state index < -0.39 is 0 Å². The van der Waals surface area contributed by atoms with E-state index in [0.29, 0.717) is 6.42 Å². The van der Waals surface area contributed by atoms with E-state index in [2.05, 4.69) is 26.0 Å². The highest BCUT2D eigenvalue weighted by Crippen LogP contribution is 2.20. The molecular weight excluding hydrogens is 326 g/mol. The van der Waals surface area contributed by atoms with Crippen LogP contribution in [-0.4, -0.2) is 13.1 Å². The first kappa shape index (κ1) is 14.1. The molecule has 1 heterocycles. The molecule has 0 spiro atoms. The Balaban J connectivity index is 1.91. The number of nitrogens with one attached hydrogen (secondary N) is 1. The van der Waals surface area contributed by atoms with Crippen molar-refractivity contribution < 1.29 is 9.53 Å². The van der Waals surface area contributed by atoms with Crippen LogP contribution in [0.3, 0.4) is 0 Å². The molecule has 0 amide bonds. The second kappa shape index (κ2) is 6.73. The molecule has 0 fully saturated rings. The van der Waals surface area contributed by atoms with Gasteiger partial charge in [0.2, 0.25) is 0 Å². The summed E-state index contributed by atoms with van der Waals surface area (Å²) in [6.45, 7) is 0.752. The van der Waals surface area contributed by atoms with Crippen LogP contribution in [0, 0.1) is 0 Å². The molecule has 0 unspecified atom stereocenters. The van der Waals surface area contributed by atoms with Crippen molar-refractivity contribution in [3.05, 3.63) is 50.6 Å². The van der Waals surface area contributed by atoms with Crippen molar-refractivity contribution in [1.82, 2.24) is 0 Å². The van der Waals surface area contributed by atoms with Gasteiger partial charge in [0, 0.05) is 26.5 Å². The van der Waals surface area contributed by atoms with Crippen molar-refractivity contribution in [3.63, 3.8) is 0 Å². The molecule has 0 atom stereocenters. The number of thiophene rings is 1. The SMILES string of the molecule is COC(=O)Cc1ccc(CNc2cccc(Br)c2)s1. The number of halogens is 1. The van der Waals surface area contributed by atoms with Crippen molar-refractivity contribution in [2.75, 3.05) is 12.4 Å². The summed E-state index contributed by atoms with van der Waals surface area (Å²) < 4.78 is 5.70. The van der Waals surface area contributed by atoms with E-state index in [9.17, 15) is 4.79 Å². The highest BCUT2D eigenvalue weighted by molar-refractivity contribution is 9.10. The molecule has 1 aromatic heterocycles. The van der Waals surface area contributed by atoms with E-state index >= 15 is 0 Å². The van der Waals surface area contributed by atoms with Crippen molar-refractivity contribution in [2.45, 2.75) is 13.0 Å². The minimum absolute atomic E-state index is 0.201. The molecule has 19 heavy (non-hydrogen) atoms. The molecule has 3 nitrogen and oxygen atoms in total. The molecule has 100 valence electrons. The highest BCUT2D eigenvalue weighted by atomic mass is 79.9. The molecule has 5 heteroatoms. The average molecular weight is 340 g/mol. The Bertz CT molecular complexity index is 568. The lowest BCUT2D eigenvalue weighted by molar-refractivity contribution is -0.139. The maximum absolute atomic E-state index is 11.2. The predicted octanol–water partition coefficient (Wildman–Crippen LogP) is 3.84. The summed E-state index contributed by atoms with van der Waals surface area (Å²) in [5.74, 6) is -0.201.